The molecule has 20 heavy (non-hydrogen) atoms. The van der Waals surface area contributed by atoms with Crippen molar-refractivity contribution in [1.82, 2.24) is 5.32 Å². The van der Waals surface area contributed by atoms with E-state index in [-0.39, 0.29) is 12.5 Å². The first-order valence-corrected chi connectivity index (χ1v) is 6.13. The predicted molar refractivity (Wildman–Crippen MR) is 76.7 cm³/mol. The Morgan fingerprint density at radius 1 is 1.30 bits per heavy atom. The Bertz CT molecular complexity index is 626. The molecule has 0 aliphatic rings. The number of amides is 1. The smallest absolute Gasteiger partial charge is 0.251 e. The highest BCUT2D eigenvalue weighted by Gasteiger charge is 2.08. The number of benzene rings is 2. The summed E-state index contributed by atoms with van der Waals surface area (Å²) in [6, 6.07) is 11.9. The van der Waals surface area contributed by atoms with Crippen LogP contribution in [0.5, 0.6) is 11.5 Å². The minimum absolute atomic E-state index is 0.0533. The summed E-state index contributed by atoms with van der Waals surface area (Å²) in [6.45, 7) is -0.0533. The molecule has 0 atom stereocenters. The quantitative estimate of drug-likeness (QED) is 0.742. The second-order valence-electron chi connectivity index (χ2n) is 4.24. The summed E-state index contributed by atoms with van der Waals surface area (Å²) in [5, 5.41) is 11.6. The zero-order valence-corrected chi connectivity index (χ0v) is 11.1. The first-order valence-electron chi connectivity index (χ1n) is 6.13. The molecule has 2 rings (SSSR count). The van der Waals surface area contributed by atoms with Gasteiger partial charge in [0.2, 0.25) is 0 Å². The van der Waals surface area contributed by atoms with Gasteiger partial charge in [-0.05, 0) is 35.9 Å². The summed E-state index contributed by atoms with van der Waals surface area (Å²) in [4.78, 5) is 11.5. The number of aliphatic hydroxyl groups is 1. The summed E-state index contributed by atoms with van der Waals surface area (Å²) in [5.41, 5.74) is 7.48. The van der Waals surface area contributed by atoms with E-state index in [0.29, 0.717) is 22.7 Å². The van der Waals surface area contributed by atoms with Gasteiger partial charge in [0.05, 0.1) is 12.3 Å². The van der Waals surface area contributed by atoms with Crippen LogP contribution in [0, 0.1) is 0 Å². The fourth-order valence-electron chi connectivity index (χ4n) is 1.76. The van der Waals surface area contributed by atoms with E-state index in [0.717, 1.165) is 5.56 Å². The van der Waals surface area contributed by atoms with Crippen LogP contribution in [0.4, 0.5) is 5.69 Å². The van der Waals surface area contributed by atoms with E-state index in [1.165, 1.54) is 0 Å². The zero-order chi connectivity index (χ0) is 14.5. The molecule has 2 aromatic carbocycles. The molecule has 104 valence electrons. The fourth-order valence-corrected chi connectivity index (χ4v) is 1.76. The number of nitrogens with one attached hydrogen (secondary N) is 1. The van der Waals surface area contributed by atoms with Crippen molar-refractivity contribution in [2.24, 2.45) is 0 Å². The van der Waals surface area contributed by atoms with Crippen molar-refractivity contribution in [3.05, 3.63) is 53.6 Å². The molecule has 5 heteroatoms. The lowest BCUT2D eigenvalue weighted by molar-refractivity contribution is 0.0963. The second kappa shape index (κ2) is 6.08. The maximum atomic E-state index is 11.5. The molecule has 0 radical (unpaired) electrons. The highest BCUT2D eigenvalue weighted by molar-refractivity contribution is 5.95. The summed E-state index contributed by atoms with van der Waals surface area (Å²) < 4.78 is 5.65. The largest absolute Gasteiger partial charge is 0.455 e. The highest BCUT2D eigenvalue weighted by Crippen LogP contribution is 2.28. The molecule has 5 nitrogen and oxygen atoms in total. The van der Waals surface area contributed by atoms with Crippen molar-refractivity contribution in [2.75, 3.05) is 12.8 Å². The molecule has 0 spiro atoms. The van der Waals surface area contributed by atoms with Crippen molar-refractivity contribution in [1.29, 1.82) is 0 Å². The van der Waals surface area contributed by atoms with Gasteiger partial charge in [-0.25, -0.2) is 0 Å². The minimum Gasteiger partial charge on any atom is -0.455 e. The number of nitrogens with two attached hydrogens (primary N) is 1. The topological polar surface area (TPSA) is 84.6 Å². The third kappa shape index (κ3) is 3.07. The van der Waals surface area contributed by atoms with Gasteiger partial charge in [0.15, 0.2) is 0 Å². The van der Waals surface area contributed by atoms with Crippen LogP contribution in [0.3, 0.4) is 0 Å². The standard InChI is InChI=1S/C15H16N2O3/c1-17-15(19)11-5-6-14(13(16)8-11)20-12-4-2-3-10(7-12)9-18/h2-8,18H,9,16H2,1H3,(H,17,19). The van der Waals surface area contributed by atoms with Gasteiger partial charge in [-0.1, -0.05) is 12.1 Å². The van der Waals surface area contributed by atoms with Crippen LogP contribution < -0.4 is 15.8 Å². The van der Waals surface area contributed by atoms with Gasteiger partial charge < -0.3 is 20.9 Å². The molecule has 0 unspecified atom stereocenters. The maximum absolute atomic E-state index is 11.5. The Balaban J connectivity index is 2.23. The molecule has 2 aromatic rings. The highest BCUT2D eigenvalue weighted by atomic mass is 16.5. The molecule has 0 aliphatic heterocycles. The second-order valence-corrected chi connectivity index (χ2v) is 4.24. The summed E-state index contributed by atoms with van der Waals surface area (Å²) in [5.74, 6) is 0.842. The van der Waals surface area contributed by atoms with E-state index in [2.05, 4.69) is 5.32 Å². The molecule has 0 fully saturated rings. The van der Waals surface area contributed by atoms with E-state index in [1.807, 2.05) is 0 Å². The Morgan fingerprint density at radius 3 is 2.75 bits per heavy atom. The number of aliphatic hydroxyl groups excluding tert-OH is 1. The lowest BCUT2D eigenvalue weighted by atomic mass is 10.1. The maximum Gasteiger partial charge on any atom is 0.251 e. The van der Waals surface area contributed by atoms with Gasteiger partial charge in [0.1, 0.15) is 11.5 Å². The summed E-state index contributed by atoms with van der Waals surface area (Å²) >= 11 is 0. The zero-order valence-electron chi connectivity index (χ0n) is 11.1. The molecule has 4 N–H and O–H groups in total. The number of nitrogen functional groups attached to an aromatic ring is 1. The molecule has 0 saturated heterocycles. The van der Waals surface area contributed by atoms with Crippen molar-refractivity contribution in [3.8, 4) is 11.5 Å². The predicted octanol–water partition coefficient (Wildman–Crippen LogP) is 1.91. The van der Waals surface area contributed by atoms with Crippen LogP contribution in [0.2, 0.25) is 0 Å². The van der Waals surface area contributed by atoms with Crippen molar-refractivity contribution >= 4 is 11.6 Å². The van der Waals surface area contributed by atoms with Crippen LogP contribution in [-0.2, 0) is 6.61 Å². The van der Waals surface area contributed by atoms with E-state index >= 15 is 0 Å². The van der Waals surface area contributed by atoms with Gasteiger partial charge in [-0.2, -0.15) is 0 Å². The third-order valence-corrected chi connectivity index (χ3v) is 2.81. The van der Waals surface area contributed by atoms with Crippen LogP contribution in [0.1, 0.15) is 15.9 Å². The average molecular weight is 272 g/mol. The number of hydrogen-bond acceptors (Lipinski definition) is 4. The molecule has 0 saturated carbocycles. The average Bonchev–Trinajstić information content (AvgIpc) is 2.48. The Hall–Kier alpha value is -2.53. The van der Waals surface area contributed by atoms with Gasteiger partial charge in [-0.15, -0.1) is 0 Å². The van der Waals surface area contributed by atoms with Crippen LogP contribution >= 0.6 is 0 Å². The van der Waals surface area contributed by atoms with Gasteiger partial charge >= 0.3 is 0 Å². The lowest BCUT2D eigenvalue weighted by Crippen LogP contribution is -2.17. The molecule has 1 amide bonds. The third-order valence-electron chi connectivity index (χ3n) is 2.81. The Labute approximate surface area is 117 Å². The fraction of sp³-hybridized carbons (Fsp3) is 0.133. The monoisotopic (exact) mass is 272 g/mol. The molecule has 0 aromatic heterocycles. The Morgan fingerprint density at radius 2 is 2.10 bits per heavy atom. The summed E-state index contributed by atoms with van der Waals surface area (Å²) in [6.07, 6.45) is 0. The minimum atomic E-state index is -0.203. The van der Waals surface area contributed by atoms with Gasteiger partial charge in [0.25, 0.3) is 5.91 Å². The van der Waals surface area contributed by atoms with Crippen LogP contribution in [0.25, 0.3) is 0 Å². The van der Waals surface area contributed by atoms with Crippen molar-refractivity contribution < 1.29 is 14.6 Å². The van der Waals surface area contributed by atoms with Crippen molar-refractivity contribution in [3.63, 3.8) is 0 Å². The van der Waals surface area contributed by atoms with E-state index in [1.54, 1.807) is 49.5 Å². The number of hydrogen-bond donors (Lipinski definition) is 3. The Kier molecular flexibility index (Phi) is 4.22. The van der Waals surface area contributed by atoms with E-state index in [4.69, 9.17) is 15.6 Å². The molecular weight excluding hydrogens is 256 g/mol. The van der Waals surface area contributed by atoms with Crippen LogP contribution in [0.15, 0.2) is 42.5 Å². The first kappa shape index (κ1) is 13.9. The molecule has 0 bridgehead atoms. The van der Waals surface area contributed by atoms with E-state index in [9.17, 15) is 4.79 Å². The molecular formula is C15H16N2O3. The van der Waals surface area contributed by atoms with Crippen LogP contribution in [-0.4, -0.2) is 18.1 Å². The van der Waals surface area contributed by atoms with E-state index < -0.39 is 0 Å². The first-order chi connectivity index (χ1) is 9.63. The molecule has 0 aliphatic carbocycles. The van der Waals surface area contributed by atoms with Crippen molar-refractivity contribution in [2.45, 2.75) is 6.61 Å². The number of carbonyl (C=O) groups is 1. The van der Waals surface area contributed by atoms with Gasteiger partial charge in [0, 0.05) is 12.6 Å². The number of anilines is 1. The number of ether oxygens (including phenoxy) is 1. The number of carbonyl (C=O) groups excluding carboxylic acids is 1. The lowest BCUT2D eigenvalue weighted by Gasteiger charge is -2.10. The SMILES string of the molecule is CNC(=O)c1ccc(Oc2cccc(CO)c2)c(N)c1. The van der Waals surface area contributed by atoms with Gasteiger partial charge in [-0.3, -0.25) is 4.79 Å². The normalized spacial score (nSPS) is 10.1. The summed E-state index contributed by atoms with van der Waals surface area (Å²) in [7, 11) is 1.56. The number of rotatable bonds is 4. The molecule has 0 heterocycles.